The first-order chi connectivity index (χ1) is 15.1. The molecule has 5 nitrogen and oxygen atoms in total. The molecule has 5 rings (SSSR count). The van der Waals surface area contributed by atoms with Crippen LogP contribution in [0.1, 0.15) is 56.1 Å². The topological polar surface area (TPSA) is 48.5 Å². The van der Waals surface area contributed by atoms with E-state index in [0.717, 1.165) is 44.3 Å². The highest BCUT2D eigenvalue weighted by Crippen LogP contribution is 2.47. The molecule has 2 aromatic rings. The van der Waals surface area contributed by atoms with Crippen LogP contribution in [-0.2, 0) is 12.1 Å². The Morgan fingerprint density at radius 1 is 1.06 bits per heavy atom. The number of nitrogens with one attached hydrogen (secondary N) is 1. The highest BCUT2D eigenvalue weighted by molar-refractivity contribution is 5.78. The second kappa shape index (κ2) is 8.27. The quantitative estimate of drug-likeness (QED) is 0.749. The molecule has 3 aliphatic rings. The van der Waals surface area contributed by atoms with E-state index in [1.165, 1.54) is 24.8 Å². The molecular formula is C26H34N4O. The lowest BCUT2D eigenvalue weighted by atomic mass is 9.68. The molecule has 1 saturated heterocycles. The summed E-state index contributed by atoms with van der Waals surface area (Å²) in [5.41, 5.74) is 2.45. The van der Waals surface area contributed by atoms with Crippen LogP contribution in [0.15, 0.2) is 54.9 Å². The summed E-state index contributed by atoms with van der Waals surface area (Å²) in [4.78, 5) is 22.2. The molecule has 31 heavy (non-hydrogen) atoms. The molecule has 1 aromatic carbocycles. The second-order valence-corrected chi connectivity index (χ2v) is 9.83. The van der Waals surface area contributed by atoms with Gasteiger partial charge in [0, 0.05) is 37.6 Å². The van der Waals surface area contributed by atoms with Crippen molar-refractivity contribution in [3.8, 4) is 0 Å². The van der Waals surface area contributed by atoms with Crippen LogP contribution in [0.5, 0.6) is 0 Å². The van der Waals surface area contributed by atoms with Crippen molar-refractivity contribution >= 4 is 6.03 Å². The van der Waals surface area contributed by atoms with Crippen molar-refractivity contribution in [3.63, 3.8) is 0 Å². The highest BCUT2D eigenvalue weighted by atomic mass is 16.2. The normalized spacial score (nSPS) is 28.9. The monoisotopic (exact) mass is 418 g/mol. The van der Waals surface area contributed by atoms with Gasteiger partial charge in [0.2, 0.25) is 0 Å². The van der Waals surface area contributed by atoms with Gasteiger partial charge in [0.1, 0.15) is 0 Å². The van der Waals surface area contributed by atoms with Crippen LogP contribution >= 0.6 is 0 Å². The van der Waals surface area contributed by atoms with Gasteiger partial charge in [-0.3, -0.25) is 4.98 Å². The summed E-state index contributed by atoms with van der Waals surface area (Å²) in [6.45, 7) is 2.42. The highest BCUT2D eigenvalue weighted by Gasteiger charge is 2.54. The lowest BCUT2D eigenvalue weighted by molar-refractivity contribution is 0.0584. The smallest absolute Gasteiger partial charge is 0.318 e. The number of aromatic nitrogens is 1. The molecule has 2 saturated carbocycles. The minimum Gasteiger partial charge on any atom is -0.318 e. The maximum absolute atomic E-state index is 13.6. The van der Waals surface area contributed by atoms with Crippen LogP contribution in [0, 0.1) is 5.92 Å². The summed E-state index contributed by atoms with van der Waals surface area (Å²) in [6, 6.07) is 15.1. The standard InChI is InChI=1S/C26H34N4O/c1-27-26(23-10-3-2-4-11-23)14-12-25(13-15-26)20-29(18-22-9-6-16-28-17-22)24(31)30(25)19-21-7-5-8-21/h2-4,6,9-11,16-17,21,27H,5,7-8,12-15,18-20H2,1H3. The Morgan fingerprint density at radius 3 is 2.45 bits per heavy atom. The summed E-state index contributed by atoms with van der Waals surface area (Å²) in [6.07, 6.45) is 11.7. The Morgan fingerprint density at radius 2 is 1.84 bits per heavy atom. The first-order valence-electron chi connectivity index (χ1n) is 11.8. The third-order valence-electron chi connectivity index (χ3n) is 8.16. The van der Waals surface area contributed by atoms with Crippen LogP contribution in [0.4, 0.5) is 4.79 Å². The van der Waals surface area contributed by atoms with E-state index in [0.29, 0.717) is 12.5 Å². The zero-order chi connectivity index (χ0) is 21.3. The number of rotatable bonds is 6. The van der Waals surface area contributed by atoms with Crippen molar-refractivity contribution in [3.05, 3.63) is 66.0 Å². The lowest BCUT2D eigenvalue weighted by Gasteiger charge is -2.49. The van der Waals surface area contributed by atoms with E-state index in [4.69, 9.17) is 0 Å². The van der Waals surface area contributed by atoms with Crippen molar-refractivity contribution in [1.82, 2.24) is 20.1 Å². The van der Waals surface area contributed by atoms with Gasteiger partial charge in [-0.05, 0) is 68.7 Å². The molecule has 1 aromatic heterocycles. The fourth-order valence-corrected chi connectivity index (χ4v) is 5.93. The van der Waals surface area contributed by atoms with E-state index in [2.05, 4.69) is 63.5 Å². The number of carbonyl (C=O) groups excluding carboxylic acids is 1. The summed E-state index contributed by atoms with van der Waals surface area (Å²) >= 11 is 0. The maximum Gasteiger partial charge on any atom is 0.320 e. The fraction of sp³-hybridized carbons (Fsp3) is 0.538. The van der Waals surface area contributed by atoms with Gasteiger partial charge in [0.15, 0.2) is 0 Å². The summed E-state index contributed by atoms with van der Waals surface area (Å²) < 4.78 is 0. The molecule has 3 fully saturated rings. The Labute approximate surface area is 185 Å². The summed E-state index contributed by atoms with van der Waals surface area (Å²) in [5, 5.41) is 3.65. The Kier molecular flexibility index (Phi) is 5.47. The van der Waals surface area contributed by atoms with E-state index in [1.54, 1.807) is 6.20 Å². The van der Waals surface area contributed by atoms with Crippen molar-refractivity contribution in [2.24, 2.45) is 5.92 Å². The molecule has 1 aliphatic heterocycles. The fourth-order valence-electron chi connectivity index (χ4n) is 5.93. The van der Waals surface area contributed by atoms with Gasteiger partial charge in [0.05, 0.1) is 5.54 Å². The predicted octanol–water partition coefficient (Wildman–Crippen LogP) is 4.55. The van der Waals surface area contributed by atoms with Gasteiger partial charge < -0.3 is 15.1 Å². The number of pyridine rings is 1. The van der Waals surface area contributed by atoms with Crippen molar-refractivity contribution in [1.29, 1.82) is 0 Å². The molecule has 0 bridgehead atoms. The Bertz CT molecular complexity index is 888. The van der Waals surface area contributed by atoms with Gasteiger partial charge >= 0.3 is 6.03 Å². The van der Waals surface area contributed by atoms with E-state index < -0.39 is 0 Å². The second-order valence-electron chi connectivity index (χ2n) is 9.83. The number of hydrogen-bond donors (Lipinski definition) is 1. The molecule has 2 aliphatic carbocycles. The number of carbonyl (C=O) groups is 1. The van der Waals surface area contributed by atoms with E-state index in [9.17, 15) is 4.79 Å². The summed E-state index contributed by atoms with van der Waals surface area (Å²) in [5.74, 6) is 0.685. The van der Waals surface area contributed by atoms with Gasteiger partial charge in [-0.2, -0.15) is 0 Å². The minimum absolute atomic E-state index is 0.00840. The molecule has 2 amide bonds. The molecular weight excluding hydrogens is 384 g/mol. The van der Waals surface area contributed by atoms with Crippen LogP contribution in [-0.4, -0.2) is 46.5 Å². The Balaban J connectivity index is 1.38. The summed E-state index contributed by atoms with van der Waals surface area (Å²) in [7, 11) is 2.09. The van der Waals surface area contributed by atoms with Crippen LogP contribution in [0.2, 0.25) is 0 Å². The van der Waals surface area contributed by atoms with Crippen LogP contribution in [0.3, 0.4) is 0 Å². The third kappa shape index (κ3) is 3.73. The van der Waals surface area contributed by atoms with E-state index >= 15 is 0 Å². The average Bonchev–Trinajstić information content (AvgIpc) is 3.03. The minimum atomic E-state index is -0.0377. The first-order valence-corrected chi connectivity index (χ1v) is 11.8. The predicted molar refractivity (Wildman–Crippen MR) is 122 cm³/mol. The number of hydrogen-bond acceptors (Lipinski definition) is 3. The number of nitrogens with zero attached hydrogens (tertiary/aromatic N) is 3. The van der Waals surface area contributed by atoms with Gasteiger partial charge in [-0.15, -0.1) is 0 Å². The van der Waals surface area contributed by atoms with Crippen LogP contribution in [0.25, 0.3) is 0 Å². The van der Waals surface area contributed by atoms with Gasteiger partial charge in [-0.1, -0.05) is 42.8 Å². The van der Waals surface area contributed by atoms with Crippen molar-refractivity contribution in [2.75, 3.05) is 20.1 Å². The molecule has 164 valence electrons. The van der Waals surface area contributed by atoms with Gasteiger partial charge in [0.25, 0.3) is 0 Å². The largest absolute Gasteiger partial charge is 0.320 e. The zero-order valence-electron chi connectivity index (χ0n) is 18.6. The molecule has 5 heteroatoms. The molecule has 0 radical (unpaired) electrons. The molecule has 0 atom stereocenters. The number of benzene rings is 1. The number of urea groups is 1. The zero-order valence-corrected chi connectivity index (χ0v) is 18.6. The molecule has 1 spiro atoms. The Hall–Kier alpha value is -2.40. The van der Waals surface area contributed by atoms with Gasteiger partial charge in [-0.25, -0.2) is 4.79 Å². The average molecular weight is 419 g/mol. The van der Waals surface area contributed by atoms with Crippen molar-refractivity contribution in [2.45, 2.75) is 62.6 Å². The molecule has 1 N–H and O–H groups in total. The SMILES string of the molecule is CNC1(c2ccccc2)CCC2(CC1)CN(Cc1cccnc1)C(=O)N2CC1CCC1. The third-order valence-corrected chi connectivity index (χ3v) is 8.16. The molecule has 2 heterocycles. The van der Waals surface area contributed by atoms with Crippen molar-refractivity contribution < 1.29 is 4.79 Å². The molecule has 0 unspecified atom stereocenters. The van der Waals surface area contributed by atoms with E-state index in [1.807, 2.05) is 12.3 Å². The lowest BCUT2D eigenvalue weighted by Crippen LogP contribution is -2.56. The first kappa shape index (κ1) is 20.5. The van der Waals surface area contributed by atoms with E-state index in [-0.39, 0.29) is 17.1 Å². The maximum atomic E-state index is 13.6. The van der Waals surface area contributed by atoms with Crippen LogP contribution < -0.4 is 5.32 Å². The number of amides is 2.